The molecule has 0 unspecified atom stereocenters. The summed E-state index contributed by atoms with van der Waals surface area (Å²) in [5, 5.41) is 13.3. The van der Waals surface area contributed by atoms with Gasteiger partial charge in [-0.1, -0.05) is 6.07 Å². The second kappa shape index (κ2) is 5.12. The maximum atomic E-state index is 11.5. The van der Waals surface area contributed by atoms with Gasteiger partial charge in [0.2, 0.25) is 5.91 Å². The van der Waals surface area contributed by atoms with Crippen molar-refractivity contribution in [2.24, 2.45) is 0 Å². The summed E-state index contributed by atoms with van der Waals surface area (Å²) in [6.45, 7) is 2.94. The standard InChI is InChI=1S/C11H15NO3S/c1-11(2,10(14)15)12-9(13)6-5-8-4-3-7-16-8/h3-4,7H,5-6H2,1-2H3,(H,12,13)(H,14,15). The van der Waals surface area contributed by atoms with Gasteiger partial charge in [0.15, 0.2) is 0 Å². The number of carbonyl (C=O) groups excluding carboxylic acids is 1. The Labute approximate surface area is 98.3 Å². The largest absolute Gasteiger partial charge is 0.480 e. The van der Waals surface area contributed by atoms with Gasteiger partial charge >= 0.3 is 5.97 Å². The van der Waals surface area contributed by atoms with E-state index in [4.69, 9.17) is 5.11 Å². The van der Waals surface area contributed by atoms with Crippen molar-refractivity contribution in [1.29, 1.82) is 0 Å². The molecule has 0 aliphatic heterocycles. The van der Waals surface area contributed by atoms with Gasteiger partial charge in [-0.25, -0.2) is 4.79 Å². The number of hydrogen-bond acceptors (Lipinski definition) is 3. The number of rotatable bonds is 5. The van der Waals surface area contributed by atoms with Gasteiger partial charge in [0.25, 0.3) is 0 Å². The third kappa shape index (κ3) is 3.66. The second-order valence-electron chi connectivity index (χ2n) is 4.06. The highest BCUT2D eigenvalue weighted by Gasteiger charge is 2.28. The molecule has 0 aromatic carbocycles. The lowest BCUT2D eigenvalue weighted by Gasteiger charge is -2.20. The molecular weight excluding hydrogens is 226 g/mol. The third-order valence-corrected chi connectivity index (χ3v) is 3.10. The molecule has 1 rings (SSSR count). The third-order valence-electron chi connectivity index (χ3n) is 2.17. The predicted octanol–water partition coefficient (Wildman–Crippen LogP) is 1.66. The van der Waals surface area contributed by atoms with E-state index in [0.717, 1.165) is 4.88 Å². The number of carboxylic acid groups (broad SMARTS) is 1. The van der Waals surface area contributed by atoms with E-state index in [1.54, 1.807) is 11.3 Å². The minimum Gasteiger partial charge on any atom is -0.480 e. The fourth-order valence-corrected chi connectivity index (χ4v) is 1.87. The van der Waals surface area contributed by atoms with Gasteiger partial charge in [-0.05, 0) is 31.7 Å². The summed E-state index contributed by atoms with van der Waals surface area (Å²) >= 11 is 1.59. The van der Waals surface area contributed by atoms with Gasteiger partial charge in [0, 0.05) is 11.3 Å². The van der Waals surface area contributed by atoms with E-state index in [2.05, 4.69) is 5.32 Å². The molecule has 88 valence electrons. The van der Waals surface area contributed by atoms with E-state index in [0.29, 0.717) is 12.8 Å². The molecule has 4 nitrogen and oxygen atoms in total. The first-order valence-corrected chi connectivity index (χ1v) is 5.86. The number of amides is 1. The number of carboxylic acids is 1. The molecule has 2 N–H and O–H groups in total. The summed E-state index contributed by atoms with van der Waals surface area (Å²) in [4.78, 5) is 23.4. The normalized spacial score (nSPS) is 11.1. The van der Waals surface area contributed by atoms with Crippen molar-refractivity contribution in [2.75, 3.05) is 0 Å². The van der Waals surface area contributed by atoms with Gasteiger partial charge in [0.05, 0.1) is 0 Å². The van der Waals surface area contributed by atoms with Gasteiger partial charge in [-0.3, -0.25) is 4.79 Å². The predicted molar refractivity (Wildman–Crippen MR) is 62.5 cm³/mol. The van der Waals surface area contributed by atoms with E-state index in [-0.39, 0.29) is 5.91 Å². The summed E-state index contributed by atoms with van der Waals surface area (Å²) in [7, 11) is 0. The van der Waals surface area contributed by atoms with E-state index >= 15 is 0 Å². The van der Waals surface area contributed by atoms with Crippen LogP contribution in [0.2, 0.25) is 0 Å². The van der Waals surface area contributed by atoms with Crippen LogP contribution in [0.25, 0.3) is 0 Å². The number of nitrogens with one attached hydrogen (secondary N) is 1. The van der Waals surface area contributed by atoms with Crippen molar-refractivity contribution in [3.8, 4) is 0 Å². The molecule has 1 heterocycles. The zero-order valence-corrected chi connectivity index (χ0v) is 10.1. The van der Waals surface area contributed by atoms with Gasteiger partial charge in [0.1, 0.15) is 5.54 Å². The van der Waals surface area contributed by atoms with E-state index in [1.807, 2.05) is 17.5 Å². The van der Waals surface area contributed by atoms with Crippen LogP contribution in [0.4, 0.5) is 0 Å². The quantitative estimate of drug-likeness (QED) is 0.824. The van der Waals surface area contributed by atoms with Crippen LogP contribution < -0.4 is 5.32 Å². The molecule has 1 aromatic heterocycles. The molecule has 0 saturated heterocycles. The Kier molecular flexibility index (Phi) is 4.06. The summed E-state index contributed by atoms with van der Waals surface area (Å²) in [5.74, 6) is -1.27. The average molecular weight is 241 g/mol. The van der Waals surface area contributed by atoms with E-state index < -0.39 is 11.5 Å². The molecule has 0 aliphatic carbocycles. The van der Waals surface area contributed by atoms with Crippen molar-refractivity contribution in [3.05, 3.63) is 22.4 Å². The van der Waals surface area contributed by atoms with Crippen LogP contribution in [-0.2, 0) is 16.0 Å². The Morgan fingerprint density at radius 1 is 1.50 bits per heavy atom. The van der Waals surface area contributed by atoms with Gasteiger partial charge < -0.3 is 10.4 Å². The molecule has 5 heteroatoms. The summed E-state index contributed by atoms with van der Waals surface area (Å²) < 4.78 is 0. The molecule has 0 bridgehead atoms. The van der Waals surface area contributed by atoms with Gasteiger partial charge in [-0.15, -0.1) is 11.3 Å². The van der Waals surface area contributed by atoms with Crippen LogP contribution in [0.3, 0.4) is 0 Å². The molecule has 0 spiro atoms. The Morgan fingerprint density at radius 3 is 2.69 bits per heavy atom. The molecule has 1 aromatic rings. The van der Waals surface area contributed by atoms with Crippen LogP contribution in [-0.4, -0.2) is 22.5 Å². The highest BCUT2D eigenvalue weighted by Crippen LogP contribution is 2.11. The Hall–Kier alpha value is -1.36. The molecule has 16 heavy (non-hydrogen) atoms. The fraction of sp³-hybridized carbons (Fsp3) is 0.455. The number of thiophene rings is 1. The Bertz CT molecular complexity index is 371. The van der Waals surface area contributed by atoms with Gasteiger partial charge in [-0.2, -0.15) is 0 Å². The Morgan fingerprint density at radius 2 is 2.19 bits per heavy atom. The van der Waals surface area contributed by atoms with E-state index in [1.165, 1.54) is 13.8 Å². The van der Waals surface area contributed by atoms with Crippen molar-refractivity contribution >= 4 is 23.2 Å². The van der Waals surface area contributed by atoms with Crippen LogP contribution in [0.5, 0.6) is 0 Å². The maximum absolute atomic E-state index is 11.5. The summed E-state index contributed by atoms with van der Waals surface area (Å²) in [6.07, 6.45) is 0.969. The van der Waals surface area contributed by atoms with Crippen molar-refractivity contribution < 1.29 is 14.7 Å². The fourth-order valence-electron chi connectivity index (χ4n) is 1.16. The lowest BCUT2D eigenvalue weighted by Crippen LogP contribution is -2.49. The first kappa shape index (κ1) is 12.7. The molecule has 0 radical (unpaired) electrons. The topological polar surface area (TPSA) is 66.4 Å². The second-order valence-corrected chi connectivity index (χ2v) is 5.09. The maximum Gasteiger partial charge on any atom is 0.328 e. The highest BCUT2D eigenvalue weighted by atomic mass is 32.1. The SMILES string of the molecule is CC(C)(NC(=O)CCc1cccs1)C(=O)O. The van der Waals surface area contributed by atoms with E-state index in [9.17, 15) is 9.59 Å². The molecule has 0 fully saturated rings. The molecule has 0 atom stereocenters. The van der Waals surface area contributed by atoms with Crippen molar-refractivity contribution in [2.45, 2.75) is 32.2 Å². The molecular formula is C11H15NO3S. The number of aliphatic carboxylic acids is 1. The first-order valence-electron chi connectivity index (χ1n) is 4.98. The molecule has 0 aliphatic rings. The summed E-state index contributed by atoms with van der Waals surface area (Å²) in [5.41, 5.74) is -1.20. The minimum absolute atomic E-state index is 0.235. The zero-order chi connectivity index (χ0) is 12.2. The van der Waals surface area contributed by atoms with Crippen LogP contribution in [0.15, 0.2) is 17.5 Å². The number of aryl methyl sites for hydroxylation is 1. The van der Waals surface area contributed by atoms with Crippen molar-refractivity contribution in [3.63, 3.8) is 0 Å². The Balaban J connectivity index is 2.39. The number of hydrogen-bond donors (Lipinski definition) is 2. The summed E-state index contributed by atoms with van der Waals surface area (Å²) in [6, 6.07) is 3.89. The lowest BCUT2D eigenvalue weighted by molar-refractivity contribution is -0.146. The smallest absolute Gasteiger partial charge is 0.328 e. The van der Waals surface area contributed by atoms with Crippen molar-refractivity contribution in [1.82, 2.24) is 5.32 Å². The van der Waals surface area contributed by atoms with Crippen LogP contribution >= 0.6 is 11.3 Å². The monoisotopic (exact) mass is 241 g/mol. The average Bonchev–Trinajstić information content (AvgIpc) is 2.66. The minimum atomic E-state index is -1.20. The van der Waals surface area contributed by atoms with Crippen LogP contribution in [0, 0.1) is 0 Å². The number of carbonyl (C=O) groups is 2. The molecule has 1 amide bonds. The lowest BCUT2D eigenvalue weighted by atomic mass is 10.1. The van der Waals surface area contributed by atoms with Crippen LogP contribution in [0.1, 0.15) is 25.1 Å². The highest BCUT2D eigenvalue weighted by molar-refractivity contribution is 7.09. The zero-order valence-electron chi connectivity index (χ0n) is 9.32. The molecule has 0 saturated carbocycles. The first-order chi connectivity index (χ1) is 7.42.